The van der Waals surface area contributed by atoms with E-state index in [1.807, 2.05) is 30.3 Å². The fourth-order valence-electron chi connectivity index (χ4n) is 6.46. The summed E-state index contributed by atoms with van der Waals surface area (Å²) in [6.45, 7) is 3.31. The molecule has 1 saturated heterocycles. The lowest BCUT2D eigenvalue weighted by Crippen LogP contribution is -2.34. The Kier molecular flexibility index (Phi) is 8.55. The molecule has 1 aliphatic heterocycles. The number of carbonyl (C=O) groups is 2. The van der Waals surface area contributed by atoms with Crippen LogP contribution in [-0.2, 0) is 35.8 Å². The van der Waals surface area contributed by atoms with Gasteiger partial charge < -0.3 is 14.0 Å². The molecule has 7 rings (SSSR count). The fraction of sp³-hybridized carbons (Fsp3) is 0.444. The number of alkyl halides is 1. The zero-order valence-electron chi connectivity index (χ0n) is 25.8. The van der Waals surface area contributed by atoms with Gasteiger partial charge in [-0.15, -0.1) is 0 Å². The molecule has 2 aliphatic carbocycles. The Balaban J connectivity index is 0.984. The van der Waals surface area contributed by atoms with Crippen LogP contribution in [0.5, 0.6) is 5.88 Å². The lowest BCUT2D eigenvalue weighted by atomic mass is 9.93. The van der Waals surface area contributed by atoms with Crippen LogP contribution in [0.1, 0.15) is 77.4 Å². The van der Waals surface area contributed by atoms with Crippen LogP contribution in [0.2, 0.25) is 0 Å². The summed E-state index contributed by atoms with van der Waals surface area (Å²) >= 11 is 0. The summed E-state index contributed by atoms with van der Waals surface area (Å²) < 4.78 is 41.7. The normalized spacial score (nSPS) is 18.0. The molecule has 3 aliphatic rings. The van der Waals surface area contributed by atoms with Crippen LogP contribution >= 0.6 is 0 Å². The molecule has 10 heteroatoms. The quantitative estimate of drug-likeness (QED) is 0.116. The van der Waals surface area contributed by atoms with Crippen LogP contribution in [0.3, 0.4) is 0 Å². The van der Waals surface area contributed by atoms with Gasteiger partial charge in [0.15, 0.2) is 5.78 Å². The minimum Gasteiger partial charge on any atom is -0.473 e. The van der Waals surface area contributed by atoms with Crippen LogP contribution in [0.15, 0.2) is 54.6 Å². The first-order valence-electron chi connectivity index (χ1n) is 16.2. The van der Waals surface area contributed by atoms with Crippen molar-refractivity contribution in [2.75, 3.05) is 19.8 Å². The lowest BCUT2D eigenvalue weighted by Gasteiger charge is -2.31. The van der Waals surface area contributed by atoms with Crippen molar-refractivity contribution in [2.24, 2.45) is 11.3 Å². The SMILES string of the molecule is O=COCc1ccc2nc(CN3CCC(c4cccc(OCc5ccc(C(=O)C6CC6)cc5F)n4)CC3)n(CC3(CF)CC3)c2c1. The van der Waals surface area contributed by atoms with Gasteiger partial charge in [0.25, 0.3) is 6.47 Å². The Morgan fingerprint density at radius 1 is 1.00 bits per heavy atom. The molecular weight excluding hydrogens is 590 g/mol. The number of rotatable bonds is 14. The van der Waals surface area contributed by atoms with Crippen LogP contribution in [-0.4, -0.2) is 51.5 Å². The van der Waals surface area contributed by atoms with Crippen LogP contribution in [0.4, 0.5) is 8.78 Å². The Labute approximate surface area is 266 Å². The van der Waals surface area contributed by atoms with Gasteiger partial charge in [0.05, 0.1) is 24.3 Å². The van der Waals surface area contributed by atoms with Crippen molar-refractivity contribution in [1.82, 2.24) is 19.4 Å². The second kappa shape index (κ2) is 12.9. The number of carbonyl (C=O) groups excluding carboxylic acids is 2. The molecular formula is C36H38F2N4O4. The third-order valence-corrected chi connectivity index (χ3v) is 9.72. The molecule has 0 spiro atoms. The van der Waals surface area contributed by atoms with E-state index in [4.69, 9.17) is 19.4 Å². The summed E-state index contributed by atoms with van der Waals surface area (Å²) in [5.41, 5.74) is 4.14. The Morgan fingerprint density at radius 2 is 1.83 bits per heavy atom. The number of ketones is 1. The average Bonchev–Trinajstić information content (AvgIpc) is 4.02. The zero-order chi connectivity index (χ0) is 31.7. The fourth-order valence-corrected chi connectivity index (χ4v) is 6.46. The third kappa shape index (κ3) is 6.67. The van der Waals surface area contributed by atoms with Crippen molar-refractivity contribution in [3.05, 3.63) is 88.6 Å². The zero-order valence-corrected chi connectivity index (χ0v) is 25.8. The molecule has 2 aromatic carbocycles. The number of hydrogen-bond donors (Lipinski definition) is 0. The number of benzene rings is 2. The maximum absolute atomic E-state index is 14.7. The number of pyridine rings is 1. The van der Waals surface area contributed by atoms with E-state index in [1.165, 1.54) is 6.07 Å². The van der Waals surface area contributed by atoms with E-state index in [2.05, 4.69) is 9.47 Å². The molecule has 46 heavy (non-hydrogen) atoms. The van der Waals surface area contributed by atoms with Gasteiger partial charge in [0, 0.05) is 46.7 Å². The smallest absolute Gasteiger partial charge is 0.293 e. The van der Waals surface area contributed by atoms with E-state index in [0.29, 0.717) is 36.6 Å². The van der Waals surface area contributed by atoms with Gasteiger partial charge in [0.2, 0.25) is 5.88 Å². The van der Waals surface area contributed by atoms with Crippen LogP contribution < -0.4 is 4.74 Å². The highest BCUT2D eigenvalue weighted by Gasteiger charge is 2.44. The minimum absolute atomic E-state index is 0.0189. The van der Waals surface area contributed by atoms with Gasteiger partial charge in [-0.3, -0.25) is 18.9 Å². The van der Waals surface area contributed by atoms with E-state index >= 15 is 0 Å². The molecule has 3 heterocycles. The first-order chi connectivity index (χ1) is 22.4. The maximum Gasteiger partial charge on any atom is 0.293 e. The van der Waals surface area contributed by atoms with Crippen molar-refractivity contribution in [2.45, 2.75) is 70.7 Å². The standard InChI is InChI=1S/C36H38F2N4O4/c37-21-36(12-13-36)22-42-32-16-24(19-45-23-43)4-9-31(32)39-33(42)18-41-14-10-25(11-15-41)30-2-1-3-34(40-30)46-20-28-8-7-27(17-29(28)38)35(44)26-5-6-26/h1-4,7-9,16-17,23,25-26H,5-6,10-15,18-22H2. The summed E-state index contributed by atoms with van der Waals surface area (Å²) in [7, 11) is 0. The van der Waals surface area contributed by atoms with Crippen LogP contribution in [0, 0.1) is 17.2 Å². The molecule has 0 amide bonds. The summed E-state index contributed by atoms with van der Waals surface area (Å²) in [6, 6.07) is 16.2. The number of halogens is 2. The molecule has 0 atom stereocenters. The highest BCUT2D eigenvalue weighted by molar-refractivity contribution is 5.99. The van der Waals surface area contributed by atoms with E-state index in [-0.39, 0.29) is 42.9 Å². The Morgan fingerprint density at radius 3 is 2.54 bits per heavy atom. The van der Waals surface area contributed by atoms with E-state index in [0.717, 1.165) is 79.7 Å². The van der Waals surface area contributed by atoms with Crippen molar-refractivity contribution in [3.63, 3.8) is 0 Å². The first-order valence-corrected chi connectivity index (χ1v) is 16.2. The number of aromatic nitrogens is 3. The van der Waals surface area contributed by atoms with Gasteiger partial charge in [-0.1, -0.05) is 24.3 Å². The number of nitrogens with zero attached hydrogens (tertiary/aromatic N) is 4. The van der Waals surface area contributed by atoms with Gasteiger partial charge in [-0.05, 0) is 81.4 Å². The largest absolute Gasteiger partial charge is 0.473 e. The molecule has 0 N–H and O–H groups in total. The molecule has 0 bridgehead atoms. The Hall–Kier alpha value is -4.18. The highest BCUT2D eigenvalue weighted by Crippen LogP contribution is 2.48. The summed E-state index contributed by atoms with van der Waals surface area (Å²) in [4.78, 5) is 35.1. The number of Topliss-reactive ketones (excluding diaryl/α,β-unsaturated/α-hetero) is 1. The van der Waals surface area contributed by atoms with E-state index in [1.54, 1.807) is 18.2 Å². The minimum atomic E-state index is -0.437. The number of fused-ring (bicyclic) bond motifs is 1. The number of hydrogen-bond acceptors (Lipinski definition) is 7. The molecule has 240 valence electrons. The topological polar surface area (TPSA) is 86.5 Å². The van der Waals surface area contributed by atoms with Crippen molar-refractivity contribution < 1.29 is 27.8 Å². The second-order valence-corrected chi connectivity index (χ2v) is 13.2. The number of piperidine rings is 1. The molecule has 0 unspecified atom stereocenters. The van der Waals surface area contributed by atoms with E-state index in [9.17, 15) is 18.4 Å². The number of ether oxygens (including phenoxy) is 2. The Bertz CT molecular complexity index is 1740. The molecule has 0 radical (unpaired) electrons. The van der Waals surface area contributed by atoms with Gasteiger partial charge in [0.1, 0.15) is 24.9 Å². The van der Waals surface area contributed by atoms with Crippen LogP contribution in [0.25, 0.3) is 11.0 Å². The number of likely N-dealkylation sites (tertiary alicyclic amines) is 1. The lowest BCUT2D eigenvalue weighted by molar-refractivity contribution is -0.129. The average molecular weight is 629 g/mol. The first kappa shape index (κ1) is 30.5. The van der Waals surface area contributed by atoms with Crippen molar-refractivity contribution in [1.29, 1.82) is 0 Å². The molecule has 3 fully saturated rings. The molecule has 2 saturated carbocycles. The summed E-state index contributed by atoms with van der Waals surface area (Å²) in [5, 5.41) is 0. The van der Waals surface area contributed by atoms with Gasteiger partial charge in [-0.25, -0.2) is 14.4 Å². The molecule has 2 aromatic heterocycles. The summed E-state index contributed by atoms with van der Waals surface area (Å²) in [5.74, 6) is 1.28. The number of imidazole rings is 1. The molecule has 4 aromatic rings. The van der Waals surface area contributed by atoms with E-state index < -0.39 is 5.82 Å². The van der Waals surface area contributed by atoms with Gasteiger partial charge in [-0.2, -0.15) is 0 Å². The monoisotopic (exact) mass is 628 g/mol. The maximum atomic E-state index is 14.7. The second-order valence-electron chi connectivity index (χ2n) is 13.2. The van der Waals surface area contributed by atoms with Crippen molar-refractivity contribution in [3.8, 4) is 5.88 Å². The third-order valence-electron chi connectivity index (χ3n) is 9.72. The van der Waals surface area contributed by atoms with Crippen molar-refractivity contribution >= 4 is 23.3 Å². The predicted octanol–water partition coefficient (Wildman–Crippen LogP) is 6.54. The summed E-state index contributed by atoms with van der Waals surface area (Å²) in [6.07, 6.45) is 5.37. The van der Waals surface area contributed by atoms with Gasteiger partial charge >= 0.3 is 0 Å². The highest BCUT2D eigenvalue weighted by atomic mass is 19.1. The molecule has 8 nitrogen and oxygen atoms in total. The predicted molar refractivity (Wildman–Crippen MR) is 168 cm³/mol.